The fraction of sp³-hybridized carbons (Fsp3) is 0.364. The molecule has 1 aromatic rings. The summed E-state index contributed by atoms with van der Waals surface area (Å²) in [6, 6.07) is 5.45. The first-order chi connectivity index (χ1) is 6.79. The van der Waals surface area contributed by atoms with E-state index in [1.165, 1.54) is 6.21 Å². The molecule has 0 saturated carbocycles. The summed E-state index contributed by atoms with van der Waals surface area (Å²) in [5.74, 6) is 0.221. The number of aryl methyl sites for hydroxylation is 1. The lowest BCUT2D eigenvalue weighted by molar-refractivity contribution is 0.321. The third-order valence-electron chi connectivity index (χ3n) is 2.15. The van der Waals surface area contributed by atoms with Gasteiger partial charge in [-0.1, -0.05) is 30.6 Å². The molecule has 0 aromatic heterocycles. The van der Waals surface area contributed by atoms with Gasteiger partial charge < -0.3 is 10.3 Å². The van der Waals surface area contributed by atoms with Crippen molar-refractivity contribution in [3.8, 4) is 5.75 Å². The zero-order chi connectivity index (χ0) is 10.4. The van der Waals surface area contributed by atoms with Crippen LogP contribution in [0, 0.1) is 0 Å². The van der Waals surface area contributed by atoms with E-state index < -0.39 is 0 Å². The molecule has 0 aliphatic carbocycles. The van der Waals surface area contributed by atoms with Crippen molar-refractivity contribution in [1.29, 1.82) is 0 Å². The first kappa shape index (κ1) is 10.6. The smallest absolute Gasteiger partial charge is 0.127 e. The number of unbranched alkanes of at least 4 members (excludes halogenated alkanes) is 1. The van der Waals surface area contributed by atoms with Crippen molar-refractivity contribution in [2.45, 2.75) is 26.2 Å². The van der Waals surface area contributed by atoms with Gasteiger partial charge in [-0.15, -0.1) is 0 Å². The molecule has 0 aliphatic heterocycles. The summed E-state index contributed by atoms with van der Waals surface area (Å²) in [7, 11) is 0. The normalized spacial score (nSPS) is 10.9. The summed E-state index contributed by atoms with van der Waals surface area (Å²) in [5, 5.41) is 21.0. The van der Waals surface area contributed by atoms with Gasteiger partial charge in [0.25, 0.3) is 0 Å². The minimum atomic E-state index is 0.221. The lowest BCUT2D eigenvalue weighted by Gasteiger charge is -2.05. The van der Waals surface area contributed by atoms with Crippen LogP contribution in [0.2, 0.25) is 0 Å². The average Bonchev–Trinajstić information content (AvgIpc) is 2.20. The van der Waals surface area contributed by atoms with E-state index in [0.717, 1.165) is 24.8 Å². The van der Waals surface area contributed by atoms with E-state index in [1.54, 1.807) is 6.07 Å². The molecule has 1 aromatic carbocycles. The SMILES string of the molecule is CCCCc1cccc(C=NO)c1O. The van der Waals surface area contributed by atoms with Gasteiger partial charge in [-0.25, -0.2) is 0 Å². The third kappa shape index (κ3) is 2.49. The quantitative estimate of drug-likeness (QED) is 0.438. The van der Waals surface area contributed by atoms with Crippen LogP contribution in [0.4, 0.5) is 0 Å². The molecular weight excluding hydrogens is 178 g/mol. The Morgan fingerprint density at radius 3 is 2.86 bits per heavy atom. The van der Waals surface area contributed by atoms with Crippen LogP contribution < -0.4 is 0 Å². The Morgan fingerprint density at radius 1 is 1.43 bits per heavy atom. The molecule has 3 nitrogen and oxygen atoms in total. The summed E-state index contributed by atoms with van der Waals surface area (Å²) in [6.07, 6.45) is 4.24. The highest BCUT2D eigenvalue weighted by Gasteiger charge is 2.04. The van der Waals surface area contributed by atoms with Gasteiger partial charge in [0, 0.05) is 5.56 Å². The summed E-state index contributed by atoms with van der Waals surface area (Å²) < 4.78 is 0. The minimum absolute atomic E-state index is 0.221. The molecule has 0 aliphatic rings. The van der Waals surface area contributed by atoms with E-state index in [-0.39, 0.29) is 5.75 Å². The van der Waals surface area contributed by atoms with Gasteiger partial charge in [0.2, 0.25) is 0 Å². The molecule has 0 fully saturated rings. The van der Waals surface area contributed by atoms with Gasteiger partial charge in [0.05, 0.1) is 6.21 Å². The van der Waals surface area contributed by atoms with E-state index in [2.05, 4.69) is 12.1 Å². The van der Waals surface area contributed by atoms with Crippen molar-refractivity contribution >= 4 is 6.21 Å². The minimum Gasteiger partial charge on any atom is -0.507 e. The lowest BCUT2D eigenvalue weighted by Crippen LogP contribution is -1.90. The van der Waals surface area contributed by atoms with E-state index in [9.17, 15) is 5.11 Å². The number of benzene rings is 1. The Morgan fingerprint density at radius 2 is 2.21 bits per heavy atom. The molecule has 0 heterocycles. The molecule has 1 rings (SSSR count). The van der Waals surface area contributed by atoms with Crippen LogP contribution in [0.1, 0.15) is 30.9 Å². The second kappa shape index (κ2) is 5.27. The maximum absolute atomic E-state index is 9.74. The van der Waals surface area contributed by atoms with E-state index in [4.69, 9.17) is 5.21 Å². The molecule has 0 spiro atoms. The largest absolute Gasteiger partial charge is 0.507 e. The zero-order valence-electron chi connectivity index (χ0n) is 8.27. The van der Waals surface area contributed by atoms with Crippen LogP contribution in [0.25, 0.3) is 0 Å². The van der Waals surface area contributed by atoms with Crippen molar-refractivity contribution in [2.24, 2.45) is 5.16 Å². The molecule has 0 radical (unpaired) electrons. The summed E-state index contributed by atoms with van der Waals surface area (Å²) >= 11 is 0. The maximum atomic E-state index is 9.74. The van der Waals surface area contributed by atoms with Crippen molar-refractivity contribution in [3.05, 3.63) is 29.3 Å². The number of aromatic hydroxyl groups is 1. The first-order valence-corrected chi connectivity index (χ1v) is 4.78. The van der Waals surface area contributed by atoms with Gasteiger partial charge in [-0.05, 0) is 24.5 Å². The second-order valence-electron chi connectivity index (χ2n) is 3.20. The Hall–Kier alpha value is -1.51. The Balaban J connectivity index is 2.89. The molecule has 0 atom stereocenters. The van der Waals surface area contributed by atoms with Gasteiger partial charge >= 0.3 is 0 Å². The van der Waals surface area contributed by atoms with E-state index in [1.807, 2.05) is 12.1 Å². The fourth-order valence-electron chi connectivity index (χ4n) is 1.35. The maximum Gasteiger partial charge on any atom is 0.127 e. The zero-order valence-corrected chi connectivity index (χ0v) is 8.27. The summed E-state index contributed by atoms with van der Waals surface area (Å²) in [4.78, 5) is 0. The molecule has 0 bridgehead atoms. The molecule has 2 N–H and O–H groups in total. The summed E-state index contributed by atoms with van der Waals surface area (Å²) in [6.45, 7) is 2.11. The average molecular weight is 193 g/mol. The lowest BCUT2D eigenvalue weighted by atomic mass is 10.0. The predicted octanol–water partition coefficient (Wildman–Crippen LogP) is 2.54. The fourth-order valence-corrected chi connectivity index (χ4v) is 1.35. The molecular formula is C11H15NO2. The Kier molecular flexibility index (Phi) is 3.98. The number of para-hydroxylation sites is 1. The number of phenols is 1. The number of rotatable bonds is 4. The number of hydrogen-bond acceptors (Lipinski definition) is 3. The number of hydrogen-bond donors (Lipinski definition) is 2. The second-order valence-corrected chi connectivity index (χ2v) is 3.20. The first-order valence-electron chi connectivity index (χ1n) is 4.78. The van der Waals surface area contributed by atoms with Crippen molar-refractivity contribution in [1.82, 2.24) is 0 Å². The highest BCUT2D eigenvalue weighted by molar-refractivity contribution is 5.83. The number of nitrogens with zero attached hydrogens (tertiary/aromatic N) is 1. The van der Waals surface area contributed by atoms with Gasteiger partial charge in [0.15, 0.2) is 0 Å². The van der Waals surface area contributed by atoms with Gasteiger partial charge in [-0.3, -0.25) is 0 Å². The molecule has 3 heteroatoms. The third-order valence-corrected chi connectivity index (χ3v) is 2.15. The van der Waals surface area contributed by atoms with Gasteiger partial charge in [0.1, 0.15) is 5.75 Å². The standard InChI is InChI=1S/C11H15NO2/c1-2-3-5-9-6-4-7-10(8-12-14)11(9)13/h4,6-8,13-14H,2-3,5H2,1H3. The molecule has 0 unspecified atom stereocenters. The van der Waals surface area contributed by atoms with Crippen molar-refractivity contribution in [2.75, 3.05) is 0 Å². The number of oxime groups is 1. The molecule has 0 amide bonds. The molecule has 14 heavy (non-hydrogen) atoms. The monoisotopic (exact) mass is 193 g/mol. The molecule has 0 saturated heterocycles. The Labute approximate surface area is 83.7 Å². The van der Waals surface area contributed by atoms with E-state index in [0.29, 0.717) is 5.56 Å². The highest BCUT2D eigenvalue weighted by Crippen LogP contribution is 2.22. The topological polar surface area (TPSA) is 52.8 Å². The highest BCUT2D eigenvalue weighted by atomic mass is 16.4. The van der Waals surface area contributed by atoms with Crippen LogP contribution in [0.15, 0.2) is 23.4 Å². The van der Waals surface area contributed by atoms with Crippen LogP contribution in [0.5, 0.6) is 5.75 Å². The predicted molar refractivity (Wildman–Crippen MR) is 56.1 cm³/mol. The summed E-state index contributed by atoms with van der Waals surface area (Å²) in [5.41, 5.74) is 1.46. The van der Waals surface area contributed by atoms with Crippen LogP contribution in [-0.2, 0) is 6.42 Å². The van der Waals surface area contributed by atoms with Crippen LogP contribution in [-0.4, -0.2) is 16.5 Å². The van der Waals surface area contributed by atoms with Crippen LogP contribution >= 0.6 is 0 Å². The van der Waals surface area contributed by atoms with Crippen LogP contribution in [0.3, 0.4) is 0 Å². The Bertz CT molecular complexity index is 321. The van der Waals surface area contributed by atoms with Crippen molar-refractivity contribution in [3.63, 3.8) is 0 Å². The molecule has 76 valence electrons. The van der Waals surface area contributed by atoms with Gasteiger partial charge in [-0.2, -0.15) is 0 Å². The van der Waals surface area contributed by atoms with Crippen molar-refractivity contribution < 1.29 is 10.3 Å². The van der Waals surface area contributed by atoms with E-state index >= 15 is 0 Å². The number of phenolic OH excluding ortho intramolecular Hbond substituents is 1.